The van der Waals surface area contributed by atoms with Crippen LogP contribution >= 0.6 is 0 Å². The van der Waals surface area contributed by atoms with Crippen molar-refractivity contribution in [3.63, 3.8) is 0 Å². The molecular weight excluding hydrogens is 352 g/mol. The summed E-state index contributed by atoms with van der Waals surface area (Å²) in [6.07, 6.45) is 24.0. The smallest absolute Gasteiger partial charge is 0.293 e. The highest BCUT2D eigenvalue weighted by atomic mass is 16.7. The first-order chi connectivity index (χ1) is 13.8. The third kappa shape index (κ3) is 23.4. The van der Waals surface area contributed by atoms with Crippen LogP contribution in [-0.2, 0) is 19.0 Å². The summed E-state index contributed by atoms with van der Waals surface area (Å²) in [7, 11) is 1.69. The van der Waals surface area contributed by atoms with Gasteiger partial charge in [-0.3, -0.25) is 4.79 Å². The van der Waals surface area contributed by atoms with Crippen LogP contribution < -0.4 is 0 Å². The molecule has 0 spiro atoms. The summed E-state index contributed by atoms with van der Waals surface area (Å²) in [4.78, 5) is 10.0. The zero-order valence-electron chi connectivity index (χ0n) is 18.9. The van der Waals surface area contributed by atoms with Crippen molar-refractivity contribution in [2.45, 2.75) is 129 Å². The van der Waals surface area contributed by atoms with E-state index in [0.29, 0.717) is 13.1 Å². The van der Waals surface area contributed by atoms with Crippen molar-refractivity contribution in [2.24, 2.45) is 0 Å². The van der Waals surface area contributed by atoms with E-state index in [1.54, 1.807) is 7.11 Å². The van der Waals surface area contributed by atoms with E-state index in [9.17, 15) is 4.79 Å². The van der Waals surface area contributed by atoms with Crippen molar-refractivity contribution in [3.8, 4) is 0 Å². The zero-order chi connectivity index (χ0) is 20.5. The van der Waals surface area contributed by atoms with Crippen LogP contribution in [0.4, 0.5) is 0 Å². The molecular formula is C24H48O4. The summed E-state index contributed by atoms with van der Waals surface area (Å²) in [6, 6.07) is 0. The average Bonchev–Trinajstić information content (AvgIpc) is 2.71. The molecule has 0 aromatic heterocycles. The Labute approximate surface area is 175 Å². The molecule has 0 heterocycles. The van der Waals surface area contributed by atoms with Gasteiger partial charge in [0.25, 0.3) is 6.47 Å². The molecule has 0 saturated carbocycles. The van der Waals surface area contributed by atoms with Crippen molar-refractivity contribution in [1.82, 2.24) is 0 Å². The lowest BCUT2D eigenvalue weighted by Crippen LogP contribution is -2.10. The Kier molecular flexibility index (Phi) is 23.9. The minimum absolute atomic E-state index is 0.0635. The minimum Gasteiger partial charge on any atom is -0.468 e. The third-order valence-corrected chi connectivity index (χ3v) is 5.41. The molecule has 4 nitrogen and oxygen atoms in total. The van der Waals surface area contributed by atoms with E-state index in [2.05, 4.69) is 0 Å². The Balaban J connectivity index is 3.00. The largest absolute Gasteiger partial charge is 0.468 e. The number of unbranched alkanes of at least 4 members (excludes halogenated alkanes) is 17. The first-order valence-corrected chi connectivity index (χ1v) is 12.0. The van der Waals surface area contributed by atoms with E-state index in [0.717, 1.165) is 19.4 Å². The third-order valence-electron chi connectivity index (χ3n) is 5.41. The van der Waals surface area contributed by atoms with Gasteiger partial charge in [0, 0.05) is 13.7 Å². The molecule has 1 atom stereocenters. The van der Waals surface area contributed by atoms with Crippen LogP contribution in [0.1, 0.15) is 122 Å². The Bertz CT molecular complexity index is 296. The minimum atomic E-state index is -0.0635. The normalized spacial score (nSPS) is 12.2. The molecule has 0 amide bonds. The lowest BCUT2D eigenvalue weighted by atomic mass is 10.0. The van der Waals surface area contributed by atoms with Gasteiger partial charge in [-0.2, -0.15) is 0 Å². The Hall–Kier alpha value is -0.610. The highest BCUT2D eigenvalue weighted by Crippen LogP contribution is 2.14. The van der Waals surface area contributed by atoms with Crippen LogP contribution in [0, 0.1) is 0 Å². The monoisotopic (exact) mass is 400 g/mol. The van der Waals surface area contributed by atoms with Gasteiger partial charge in [0.15, 0.2) is 6.29 Å². The fourth-order valence-electron chi connectivity index (χ4n) is 3.48. The summed E-state index contributed by atoms with van der Waals surface area (Å²) < 4.78 is 15.3. The van der Waals surface area contributed by atoms with E-state index in [1.807, 2.05) is 6.92 Å². The fourth-order valence-corrected chi connectivity index (χ4v) is 3.48. The summed E-state index contributed by atoms with van der Waals surface area (Å²) in [5.74, 6) is 0. The van der Waals surface area contributed by atoms with Crippen LogP contribution in [0.2, 0.25) is 0 Å². The molecule has 0 fully saturated rings. The number of carbonyl (C=O) groups excluding carboxylic acids is 1. The van der Waals surface area contributed by atoms with Crippen LogP contribution in [0.25, 0.3) is 0 Å². The van der Waals surface area contributed by atoms with Crippen LogP contribution in [0.15, 0.2) is 0 Å². The summed E-state index contributed by atoms with van der Waals surface area (Å²) in [5.41, 5.74) is 0. The maximum Gasteiger partial charge on any atom is 0.293 e. The molecule has 28 heavy (non-hydrogen) atoms. The van der Waals surface area contributed by atoms with Gasteiger partial charge in [0.1, 0.15) is 0 Å². The number of hydrogen-bond acceptors (Lipinski definition) is 4. The lowest BCUT2D eigenvalue weighted by molar-refractivity contribution is -0.128. The van der Waals surface area contributed by atoms with Gasteiger partial charge in [-0.1, -0.05) is 103 Å². The highest BCUT2D eigenvalue weighted by molar-refractivity contribution is 5.36. The van der Waals surface area contributed by atoms with Crippen molar-refractivity contribution < 1.29 is 19.0 Å². The number of rotatable bonds is 24. The maximum atomic E-state index is 10.0. The summed E-state index contributed by atoms with van der Waals surface area (Å²) in [6.45, 7) is 3.91. The van der Waals surface area contributed by atoms with Gasteiger partial charge in [0.2, 0.25) is 0 Å². The van der Waals surface area contributed by atoms with Gasteiger partial charge >= 0.3 is 0 Å². The molecule has 0 rings (SSSR count). The Morgan fingerprint density at radius 2 is 0.893 bits per heavy atom. The van der Waals surface area contributed by atoms with Crippen molar-refractivity contribution in [1.29, 1.82) is 0 Å². The first kappa shape index (κ1) is 27.4. The van der Waals surface area contributed by atoms with Gasteiger partial charge in [-0.05, 0) is 19.8 Å². The van der Waals surface area contributed by atoms with Crippen LogP contribution in [0.5, 0.6) is 0 Å². The molecule has 1 unspecified atom stereocenters. The topological polar surface area (TPSA) is 44.8 Å². The van der Waals surface area contributed by atoms with E-state index in [4.69, 9.17) is 14.2 Å². The number of carbonyl (C=O) groups is 1. The van der Waals surface area contributed by atoms with Gasteiger partial charge in [-0.25, -0.2) is 0 Å². The maximum absolute atomic E-state index is 10.0. The zero-order valence-corrected chi connectivity index (χ0v) is 18.9. The molecule has 0 aromatic carbocycles. The summed E-state index contributed by atoms with van der Waals surface area (Å²) >= 11 is 0. The molecule has 0 bridgehead atoms. The van der Waals surface area contributed by atoms with E-state index >= 15 is 0 Å². The van der Waals surface area contributed by atoms with E-state index in [1.165, 1.54) is 103 Å². The molecule has 0 aromatic rings. The second-order valence-electron chi connectivity index (χ2n) is 8.01. The Morgan fingerprint density at radius 1 is 0.571 bits per heavy atom. The van der Waals surface area contributed by atoms with Crippen LogP contribution in [-0.4, -0.2) is 33.1 Å². The number of methoxy groups -OCH3 is 1. The van der Waals surface area contributed by atoms with Crippen molar-refractivity contribution in [3.05, 3.63) is 0 Å². The van der Waals surface area contributed by atoms with Crippen molar-refractivity contribution in [2.75, 3.05) is 20.3 Å². The van der Waals surface area contributed by atoms with Crippen LogP contribution in [0.3, 0.4) is 0 Å². The molecule has 0 aliphatic carbocycles. The SMILES string of the molecule is COC(C)OCCCCCCCCCCCCCCCCCCCCOC=O. The van der Waals surface area contributed by atoms with E-state index in [-0.39, 0.29) is 6.29 Å². The standard InChI is InChI=1S/C24H48O4/c1-24(26-2)28-22-20-18-16-14-12-10-8-6-4-3-5-7-9-11-13-15-17-19-21-27-23-25/h23-24H,3-22H2,1-2H3. The molecule has 0 saturated heterocycles. The van der Waals surface area contributed by atoms with Gasteiger partial charge < -0.3 is 14.2 Å². The van der Waals surface area contributed by atoms with Gasteiger partial charge in [-0.15, -0.1) is 0 Å². The molecule has 168 valence electrons. The molecule has 4 heteroatoms. The second kappa shape index (κ2) is 24.4. The van der Waals surface area contributed by atoms with Gasteiger partial charge in [0.05, 0.1) is 6.61 Å². The first-order valence-electron chi connectivity index (χ1n) is 12.0. The molecule has 0 aliphatic rings. The van der Waals surface area contributed by atoms with E-state index < -0.39 is 0 Å². The predicted octanol–water partition coefficient (Wildman–Crippen LogP) is 7.19. The fraction of sp³-hybridized carbons (Fsp3) is 0.958. The average molecular weight is 401 g/mol. The second-order valence-corrected chi connectivity index (χ2v) is 8.01. The Morgan fingerprint density at radius 3 is 1.21 bits per heavy atom. The quantitative estimate of drug-likeness (QED) is 0.0977. The molecule has 0 radical (unpaired) electrons. The lowest BCUT2D eigenvalue weighted by Gasteiger charge is -2.10. The molecule has 0 aliphatic heterocycles. The predicted molar refractivity (Wildman–Crippen MR) is 118 cm³/mol. The summed E-state index contributed by atoms with van der Waals surface area (Å²) in [5, 5.41) is 0. The molecule has 0 N–H and O–H groups in total. The number of hydrogen-bond donors (Lipinski definition) is 0. The number of ether oxygens (including phenoxy) is 3. The van der Waals surface area contributed by atoms with Crippen molar-refractivity contribution >= 4 is 6.47 Å². The highest BCUT2D eigenvalue weighted by Gasteiger charge is 1.98.